The van der Waals surface area contributed by atoms with E-state index in [1.807, 2.05) is 66.1 Å². The molecule has 0 fully saturated rings. The number of ether oxygens (including phenoxy) is 2. The molecule has 180 valence electrons. The van der Waals surface area contributed by atoms with Crippen LogP contribution in [0.4, 0.5) is 0 Å². The minimum Gasteiger partial charge on any atom is -0.493 e. The number of amidine groups is 2. The number of carbonyl (C=O) groups excluding carboxylic acids is 1. The number of nitrogens with zero attached hydrogens (tertiary/aromatic N) is 2. The first kappa shape index (κ1) is 24.4. The molecular formula is C27H19BrClN3O3S. The summed E-state index contributed by atoms with van der Waals surface area (Å²) in [5.74, 6) is 0.592. The monoisotopic (exact) mass is 579 g/mol. The smallest absolute Gasteiger partial charge is 0.283 e. The lowest BCUT2D eigenvalue weighted by Crippen LogP contribution is -2.38. The molecule has 0 unspecified atom stereocenters. The molecule has 1 N–H and O–H groups in total. The highest BCUT2D eigenvalue weighted by molar-refractivity contribution is 9.10. The first-order valence-corrected chi connectivity index (χ1v) is 12.9. The van der Waals surface area contributed by atoms with Crippen molar-refractivity contribution in [2.75, 3.05) is 7.11 Å². The molecule has 36 heavy (non-hydrogen) atoms. The summed E-state index contributed by atoms with van der Waals surface area (Å²) in [5.41, 5.74) is 3.44. The van der Waals surface area contributed by atoms with E-state index in [-0.39, 0.29) is 18.0 Å². The lowest BCUT2D eigenvalue weighted by Gasteiger charge is -2.27. The van der Waals surface area contributed by atoms with E-state index in [2.05, 4.69) is 20.9 Å². The fraction of sp³-hybridized carbons (Fsp3) is 0.0741. The summed E-state index contributed by atoms with van der Waals surface area (Å²) in [5, 5.41) is 11.8. The first-order chi connectivity index (χ1) is 17.5. The molecule has 2 aliphatic rings. The average Bonchev–Trinajstić information content (AvgIpc) is 3.31. The van der Waals surface area contributed by atoms with Crippen LogP contribution >= 0.6 is 39.3 Å². The molecule has 0 radical (unpaired) electrons. The summed E-state index contributed by atoms with van der Waals surface area (Å²) in [6.45, 7) is 0.261. The standard InChI is InChI=1S/C27H19BrClN3O3S/c1-34-23-13-16(12-20(28)24(23)35-14-18-9-5-6-10-21(18)29)11-19-25(30)32-22(17-7-3-2-4-8-17)15-36-27(32)31-26(19)33/h2-13,15,30H,14H2,1H3. The SMILES string of the molecule is COc1cc(C=C2C(=N)N3C(c4ccccc4)=CSC3=NC2=O)cc(Br)c1OCc1ccccc1Cl. The van der Waals surface area contributed by atoms with Crippen LogP contribution in [0.5, 0.6) is 11.5 Å². The summed E-state index contributed by atoms with van der Waals surface area (Å²) in [6.07, 6.45) is 1.64. The van der Waals surface area contributed by atoms with Crippen molar-refractivity contribution in [1.29, 1.82) is 5.41 Å². The number of aliphatic imine (C=N–C) groups is 1. The third kappa shape index (κ3) is 4.72. The molecule has 5 rings (SSSR count). The molecule has 0 saturated carbocycles. The van der Waals surface area contributed by atoms with Gasteiger partial charge in [0.15, 0.2) is 16.7 Å². The first-order valence-electron chi connectivity index (χ1n) is 10.9. The van der Waals surface area contributed by atoms with E-state index >= 15 is 0 Å². The van der Waals surface area contributed by atoms with Gasteiger partial charge >= 0.3 is 0 Å². The zero-order valence-electron chi connectivity index (χ0n) is 19.0. The van der Waals surface area contributed by atoms with Gasteiger partial charge in [-0.05, 0) is 51.3 Å². The van der Waals surface area contributed by atoms with Crippen molar-refractivity contribution in [3.8, 4) is 11.5 Å². The summed E-state index contributed by atoms with van der Waals surface area (Å²) in [4.78, 5) is 18.8. The van der Waals surface area contributed by atoms with Crippen molar-refractivity contribution in [2.45, 2.75) is 6.61 Å². The zero-order chi connectivity index (χ0) is 25.2. The second kappa shape index (κ2) is 10.3. The maximum atomic E-state index is 12.9. The number of benzene rings is 3. The van der Waals surface area contributed by atoms with Gasteiger partial charge in [0.25, 0.3) is 5.91 Å². The van der Waals surface area contributed by atoms with E-state index in [4.69, 9.17) is 26.5 Å². The lowest BCUT2D eigenvalue weighted by molar-refractivity contribution is -0.114. The highest BCUT2D eigenvalue weighted by Gasteiger charge is 2.36. The molecule has 1 amide bonds. The fourth-order valence-electron chi connectivity index (χ4n) is 3.81. The number of thioether (sulfide) groups is 1. The highest BCUT2D eigenvalue weighted by atomic mass is 79.9. The Kier molecular flexibility index (Phi) is 7.00. The van der Waals surface area contributed by atoms with Gasteiger partial charge in [-0.3, -0.25) is 15.1 Å². The van der Waals surface area contributed by atoms with Crippen LogP contribution in [0.2, 0.25) is 5.02 Å². The Balaban J connectivity index is 1.45. The zero-order valence-corrected chi connectivity index (χ0v) is 22.2. The third-order valence-corrected chi connectivity index (χ3v) is 7.36. The summed E-state index contributed by atoms with van der Waals surface area (Å²) >= 11 is 11.1. The van der Waals surface area contributed by atoms with Crippen LogP contribution in [0.3, 0.4) is 0 Å². The van der Waals surface area contributed by atoms with Gasteiger partial charge < -0.3 is 9.47 Å². The second-order valence-corrected chi connectivity index (χ2v) is 9.94. The van der Waals surface area contributed by atoms with E-state index in [9.17, 15) is 4.79 Å². The molecule has 3 aromatic carbocycles. The van der Waals surface area contributed by atoms with Crippen LogP contribution in [-0.2, 0) is 11.4 Å². The summed E-state index contributed by atoms with van der Waals surface area (Å²) < 4.78 is 12.2. The van der Waals surface area contributed by atoms with Crippen molar-refractivity contribution in [3.05, 3.63) is 104 Å². The molecule has 6 nitrogen and oxygen atoms in total. The molecule has 0 bridgehead atoms. The lowest BCUT2D eigenvalue weighted by atomic mass is 10.1. The number of halogens is 2. The largest absolute Gasteiger partial charge is 0.493 e. The Morgan fingerprint density at radius 1 is 1.14 bits per heavy atom. The van der Waals surface area contributed by atoms with E-state index in [0.29, 0.717) is 31.7 Å². The average molecular weight is 581 g/mol. The number of rotatable bonds is 6. The van der Waals surface area contributed by atoms with Gasteiger partial charge in [0.05, 0.1) is 22.9 Å². The number of hydrogen-bond donors (Lipinski definition) is 1. The molecule has 0 spiro atoms. The number of amides is 1. The maximum absolute atomic E-state index is 12.9. The van der Waals surface area contributed by atoms with Crippen LogP contribution in [-0.4, -0.2) is 28.9 Å². The predicted molar refractivity (Wildman–Crippen MR) is 148 cm³/mol. The van der Waals surface area contributed by atoms with Gasteiger partial charge in [-0.2, -0.15) is 4.99 Å². The quantitative estimate of drug-likeness (QED) is 0.318. The summed E-state index contributed by atoms with van der Waals surface area (Å²) in [6, 6.07) is 20.8. The van der Waals surface area contributed by atoms with Crippen LogP contribution in [0.1, 0.15) is 16.7 Å². The third-order valence-electron chi connectivity index (χ3n) is 5.58. The Bertz CT molecular complexity index is 1470. The molecule has 2 aliphatic heterocycles. The number of carbonyl (C=O) groups is 1. The normalized spacial score (nSPS) is 16.1. The van der Waals surface area contributed by atoms with Crippen LogP contribution in [0, 0.1) is 5.41 Å². The fourth-order valence-corrected chi connectivity index (χ4v) is 5.46. The molecule has 0 saturated heterocycles. The van der Waals surface area contributed by atoms with Crippen molar-refractivity contribution in [1.82, 2.24) is 4.90 Å². The van der Waals surface area contributed by atoms with Crippen LogP contribution in [0.25, 0.3) is 11.8 Å². The minimum atomic E-state index is -0.462. The molecule has 3 aromatic rings. The highest BCUT2D eigenvalue weighted by Crippen LogP contribution is 2.40. The number of fused-ring (bicyclic) bond motifs is 1. The van der Waals surface area contributed by atoms with Gasteiger partial charge in [0.2, 0.25) is 0 Å². The van der Waals surface area contributed by atoms with E-state index in [1.54, 1.807) is 24.2 Å². The summed E-state index contributed by atoms with van der Waals surface area (Å²) in [7, 11) is 1.55. The number of methoxy groups -OCH3 is 1. The maximum Gasteiger partial charge on any atom is 0.283 e. The van der Waals surface area contributed by atoms with Crippen molar-refractivity contribution >= 4 is 68.0 Å². The predicted octanol–water partition coefficient (Wildman–Crippen LogP) is 6.99. The molecular weight excluding hydrogens is 562 g/mol. The van der Waals surface area contributed by atoms with Crippen molar-refractivity contribution in [2.24, 2.45) is 4.99 Å². The van der Waals surface area contributed by atoms with Gasteiger partial charge in [-0.25, -0.2) is 0 Å². The Hall–Kier alpha value is -3.33. The minimum absolute atomic E-state index is 0.0687. The molecule has 2 heterocycles. The van der Waals surface area contributed by atoms with Gasteiger partial charge in [0, 0.05) is 16.0 Å². The Labute approximate surface area is 225 Å². The van der Waals surface area contributed by atoms with Gasteiger partial charge in [-0.15, -0.1) is 0 Å². The Morgan fingerprint density at radius 3 is 2.64 bits per heavy atom. The van der Waals surface area contributed by atoms with Crippen molar-refractivity contribution in [3.63, 3.8) is 0 Å². The number of nitrogens with one attached hydrogen (secondary N) is 1. The van der Waals surface area contributed by atoms with Gasteiger partial charge in [-0.1, -0.05) is 71.9 Å². The van der Waals surface area contributed by atoms with E-state index in [0.717, 1.165) is 16.8 Å². The van der Waals surface area contributed by atoms with Gasteiger partial charge in [0.1, 0.15) is 12.4 Å². The topological polar surface area (TPSA) is 75.0 Å². The number of hydrogen-bond acceptors (Lipinski definition) is 5. The van der Waals surface area contributed by atoms with Crippen LogP contribution < -0.4 is 9.47 Å². The molecule has 0 aliphatic carbocycles. The second-order valence-electron chi connectivity index (χ2n) is 7.84. The van der Waals surface area contributed by atoms with E-state index in [1.165, 1.54) is 11.8 Å². The molecule has 0 atom stereocenters. The van der Waals surface area contributed by atoms with Crippen molar-refractivity contribution < 1.29 is 14.3 Å². The Morgan fingerprint density at radius 2 is 1.89 bits per heavy atom. The van der Waals surface area contributed by atoms with E-state index < -0.39 is 5.91 Å². The van der Waals surface area contributed by atoms with Crippen LogP contribution in [0.15, 0.2) is 87.2 Å². The molecule has 0 aromatic heterocycles. The molecule has 9 heteroatoms.